The van der Waals surface area contributed by atoms with E-state index in [2.05, 4.69) is 24.0 Å². The Morgan fingerprint density at radius 2 is 2.00 bits per heavy atom. The van der Waals surface area contributed by atoms with Gasteiger partial charge in [-0.3, -0.25) is 4.98 Å². The third-order valence-corrected chi connectivity index (χ3v) is 2.77. The van der Waals surface area contributed by atoms with Crippen molar-refractivity contribution in [2.75, 3.05) is 6.54 Å². The molecule has 2 N–H and O–H groups in total. The highest BCUT2D eigenvalue weighted by Crippen LogP contribution is 2.25. The van der Waals surface area contributed by atoms with E-state index in [1.807, 2.05) is 25.3 Å². The van der Waals surface area contributed by atoms with E-state index in [9.17, 15) is 0 Å². The molecule has 0 spiro atoms. The fraction of sp³-hybridized carbons (Fsp3) is 0.267. The van der Waals surface area contributed by atoms with Crippen LogP contribution in [0.5, 0.6) is 11.5 Å². The standard InChI is InChI=1S/C15H18N2O/c1-11-3-4-12(2)15(7-11)18-14-8-13(5-6-16)9-17-10-14/h3-4,7-10H,5-6,16H2,1-2H3. The van der Waals surface area contributed by atoms with E-state index in [1.165, 1.54) is 5.56 Å². The van der Waals surface area contributed by atoms with Crippen LogP contribution < -0.4 is 10.5 Å². The summed E-state index contributed by atoms with van der Waals surface area (Å²) in [6.07, 6.45) is 4.36. The van der Waals surface area contributed by atoms with Gasteiger partial charge >= 0.3 is 0 Å². The van der Waals surface area contributed by atoms with Gasteiger partial charge in [0.05, 0.1) is 6.20 Å². The lowest BCUT2D eigenvalue weighted by Gasteiger charge is -2.10. The first-order valence-corrected chi connectivity index (χ1v) is 6.08. The second-order valence-corrected chi connectivity index (χ2v) is 4.44. The molecule has 1 heterocycles. The number of hydrogen-bond donors (Lipinski definition) is 1. The normalized spacial score (nSPS) is 10.4. The third kappa shape index (κ3) is 3.08. The minimum atomic E-state index is 0.620. The zero-order valence-electron chi connectivity index (χ0n) is 10.8. The summed E-state index contributed by atoms with van der Waals surface area (Å²) in [4.78, 5) is 4.17. The van der Waals surface area contributed by atoms with Crippen LogP contribution in [0.4, 0.5) is 0 Å². The van der Waals surface area contributed by atoms with Crippen LogP contribution in [-0.4, -0.2) is 11.5 Å². The Labute approximate surface area is 108 Å². The summed E-state index contributed by atoms with van der Waals surface area (Å²) >= 11 is 0. The molecule has 94 valence electrons. The number of aromatic nitrogens is 1. The molecule has 0 saturated carbocycles. The second kappa shape index (κ2) is 5.65. The maximum Gasteiger partial charge on any atom is 0.145 e. The Hall–Kier alpha value is -1.87. The summed E-state index contributed by atoms with van der Waals surface area (Å²) in [6.45, 7) is 4.70. The van der Waals surface area contributed by atoms with Gasteiger partial charge in [-0.15, -0.1) is 0 Å². The van der Waals surface area contributed by atoms with Crippen molar-refractivity contribution < 1.29 is 4.74 Å². The van der Waals surface area contributed by atoms with Crippen molar-refractivity contribution in [3.05, 3.63) is 53.3 Å². The van der Waals surface area contributed by atoms with Crippen LogP contribution in [0.15, 0.2) is 36.7 Å². The monoisotopic (exact) mass is 242 g/mol. The molecule has 3 heteroatoms. The Morgan fingerprint density at radius 3 is 2.78 bits per heavy atom. The lowest BCUT2D eigenvalue weighted by atomic mass is 10.1. The largest absolute Gasteiger partial charge is 0.455 e. The number of benzene rings is 1. The van der Waals surface area contributed by atoms with Gasteiger partial charge in [0, 0.05) is 6.20 Å². The lowest BCUT2D eigenvalue weighted by Crippen LogP contribution is -2.03. The fourth-order valence-electron chi connectivity index (χ4n) is 1.77. The van der Waals surface area contributed by atoms with E-state index in [1.54, 1.807) is 6.20 Å². The number of pyridine rings is 1. The molecule has 2 aromatic rings. The van der Waals surface area contributed by atoms with Crippen molar-refractivity contribution in [1.29, 1.82) is 0 Å². The van der Waals surface area contributed by atoms with Gasteiger partial charge in [-0.05, 0) is 55.6 Å². The van der Waals surface area contributed by atoms with E-state index in [-0.39, 0.29) is 0 Å². The topological polar surface area (TPSA) is 48.1 Å². The van der Waals surface area contributed by atoms with Crippen molar-refractivity contribution in [3.63, 3.8) is 0 Å². The summed E-state index contributed by atoms with van der Waals surface area (Å²) in [5.41, 5.74) is 8.93. The highest BCUT2D eigenvalue weighted by atomic mass is 16.5. The Balaban J connectivity index is 2.22. The van der Waals surface area contributed by atoms with Gasteiger partial charge in [0.15, 0.2) is 0 Å². The van der Waals surface area contributed by atoms with Gasteiger partial charge < -0.3 is 10.5 Å². The van der Waals surface area contributed by atoms with Crippen LogP contribution in [0.25, 0.3) is 0 Å². The average molecular weight is 242 g/mol. The molecule has 0 unspecified atom stereocenters. The first-order valence-electron chi connectivity index (χ1n) is 6.08. The van der Waals surface area contributed by atoms with E-state index in [4.69, 9.17) is 10.5 Å². The summed E-state index contributed by atoms with van der Waals surface area (Å²) in [6, 6.07) is 8.15. The molecule has 3 nitrogen and oxygen atoms in total. The summed E-state index contributed by atoms with van der Waals surface area (Å²) in [7, 11) is 0. The molecule has 0 radical (unpaired) electrons. The van der Waals surface area contributed by atoms with Crippen LogP contribution in [0.3, 0.4) is 0 Å². The molecule has 0 atom stereocenters. The highest BCUT2D eigenvalue weighted by Gasteiger charge is 2.03. The summed E-state index contributed by atoms with van der Waals surface area (Å²) < 4.78 is 5.87. The molecule has 0 aliphatic heterocycles. The zero-order valence-corrected chi connectivity index (χ0v) is 10.8. The fourth-order valence-corrected chi connectivity index (χ4v) is 1.77. The number of aryl methyl sites for hydroxylation is 2. The third-order valence-electron chi connectivity index (χ3n) is 2.77. The summed E-state index contributed by atoms with van der Waals surface area (Å²) in [5, 5.41) is 0. The van der Waals surface area contributed by atoms with Crippen molar-refractivity contribution in [1.82, 2.24) is 4.98 Å². The van der Waals surface area contributed by atoms with E-state index in [0.29, 0.717) is 6.54 Å². The number of rotatable bonds is 4. The van der Waals surface area contributed by atoms with Crippen LogP contribution in [0.2, 0.25) is 0 Å². The Kier molecular flexibility index (Phi) is 3.95. The van der Waals surface area contributed by atoms with Crippen molar-refractivity contribution in [2.45, 2.75) is 20.3 Å². The predicted molar refractivity (Wildman–Crippen MR) is 73.0 cm³/mol. The Bertz CT molecular complexity index is 538. The number of nitrogens with zero attached hydrogens (tertiary/aromatic N) is 1. The maximum absolute atomic E-state index is 5.87. The molecule has 18 heavy (non-hydrogen) atoms. The van der Waals surface area contributed by atoms with E-state index < -0.39 is 0 Å². The molecule has 0 amide bonds. The molecule has 0 saturated heterocycles. The second-order valence-electron chi connectivity index (χ2n) is 4.44. The number of nitrogens with two attached hydrogens (primary N) is 1. The van der Waals surface area contributed by atoms with Gasteiger partial charge in [-0.25, -0.2) is 0 Å². The van der Waals surface area contributed by atoms with Crippen LogP contribution in [0.1, 0.15) is 16.7 Å². The SMILES string of the molecule is Cc1ccc(C)c(Oc2cncc(CCN)c2)c1. The minimum Gasteiger partial charge on any atom is -0.455 e. The van der Waals surface area contributed by atoms with Gasteiger partial charge in [0.25, 0.3) is 0 Å². The molecule has 0 aliphatic rings. The van der Waals surface area contributed by atoms with E-state index in [0.717, 1.165) is 29.0 Å². The molecule has 0 bridgehead atoms. The van der Waals surface area contributed by atoms with Crippen molar-refractivity contribution >= 4 is 0 Å². The molecule has 0 fully saturated rings. The highest BCUT2D eigenvalue weighted by molar-refractivity contribution is 5.39. The van der Waals surface area contributed by atoms with Crippen LogP contribution in [-0.2, 0) is 6.42 Å². The summed E-state index contributed by atoms with van der Waals surface area (Å²) in [5.74, 6) is 1.64. The lowest BCUT2D eigenvalue weighted by molar-refractivity contribution is 0.475. The number of hydrogen-bond acceptors (Lipinski definition) is 3. The minimum absolute atomic E-state index is 0.620. The molecular formula is C15H18N2O. The predicted octanol–water partition coefficient (Wildman–Crippen LogP) is 2.99. The average Bonchev–Trinajstić information content (AvgIpc) is 2.35. The van der Waals surface area contributed by atoms with Gasteiger partial charge in [-0.2, -0.15) is 0 Å². The Morgan fingerprint density at radius 1 is 1.17 bits per heavy atom. The molecule has 2 rings (SSSR count). The molecule has 0 aliphatic carbocycles. The van der Waals surface area contributed by atoms with Gasteiger partial charge in [0.2, 0.25) is 0 Å². The van der Waals surface area contributed by atoms with E-state index >= 15 is 0 Å². The van der Waals surface area contributed by atoms with Crippen molar-refractivity contribution in [3.8, 4) is 11.5 Å². The van der Waals surface area contributed by atoms with Crippen LogP contribution in [0, 0.1) is 13.8 Å². The quantitative estimate of drug-likeness (QED) is 0.896. The zero-order chi connectivity index (χ0) is 13.0. The number of ether oxygens (including phenoxy) is 1. The maximum atomic E-state index is 5.87. The first kappa shape index (κ1) is 12.6. The first-order chi connectivity index (χ1) is 8.69. The van der Waals surface area contributed by atoms with Gasteiger partial charge in [-0.1, -0.05) is 12.1 Å². The van der Waals surface area contributed by atoms with Crippen LogP contribution >= 0.6 is 0 Å². The molecule has 1 aromatic heterocycles. The molecule has 1 aromatic carbocycles. The smallest absolute Gasteiger partial charge is 0.145 e. The molecular weight excluding hydrogens is 224 g/mol. The van der Waals surface area contributed by atoms with Crippen molar-refractivity contribution in [2.24, 2.45) is 5.73 Å². The van der Waals surface area contributed by atoms with Gasteiger partial charge in [0.1, 0.15) is 11.5 Å².